The molecule has 4 rings (SSSR count). The van der Waals surface area contributed by atoms with Crippen molar-refractivity contribution in [2.45, 2.75) is 25.8 Å². The second kappa shape index (κ2) is 8.17. The van der Waals surface area contributed by atoms with Crippen LogP contribution in [0.2, 0.25) is 5.02 Å². The van der Waals surface area contributed by atoms with Gasteiger partial charge in [0.25, 0.3) is 5.56 Å². The van der Waals surface area contributed by atoms with Gasteiger partial charge in [0.05, 0.1) is 36.2 Å². The summed E-state index contributed by atoms with van der Waals surface area (Å²) in [6.45, 7) is 4.64. The highest BCUT2D eigenvalue weighted by molar-refractivity contribution is 6.31. The summed E-state index contributed by atoms with van der Waals surface area (Å²) in [4.78, 5) is 22.4. The van der Waals surface area contributed by atoms with Crippen molar-refractivity contribution in [2.75, 3.05) is 27.4 Å². The molecule has 158 valence electrons. The van der Waals surface area contributed by atoms with E-state index in [2.05, 4.69) is 15.1 Å². The van der Waals surface area contributed by atoms with E-state index in [-0.39, 0.29) is 23.3 Å². The molecule has 0 spiro atoms. The molecule has 0 aliphatic rings. The van der Waals surface area contributed by atoms with Crippen molar-refractivity contribution in [1.82, 2.24) is 24.1 Å². The molecule has 0 N–H and O–H groups in total. The third-order valence-electron chi connectivity index (χ3n) is 4.99. The fraction of sp³-hybridized carbons (Fsp3) is 0.400. The minimum absolute atomic E-state index is 0.0773. The van der Waals surface area contributed by atoms with Crippen LogP contribution in [-0.4, -0.2) is 51.5 Å². The molecule has 0 amide bonds. The molecule has 0 radical (unpaired) electrons. The average Bonchev–Trinajstić information content (AvgIpc) is 3.36. The van der Waals surface area contributed by atoms with E-state index < -0.39 is 0 Å². The maximum absolute atomic E-state index is 13.6. The number of ether oxygens (including phenoxy) is 2. The lowest BCUT2D eigenvalue weighted by molar-refractivity contribution is 0.162. The SMILES string of the molecule is COCC(C)c1nc(-c2ncn3c2c(=O)n(C(C)COC)c2cc(Cl)ccc23)no1. The highest BCUT2D eigenvalue weighted by Gasteiger charge is 2.23. The molecular formula is C20H22ClN5O4. The zero-order chi connectivity index (χ0) is 21.4. The first-order valence-electron chi connectivity index (χ1n) is 9.49. The molecular weight excluding hydrogens is 410 g/mol. The van der Waals surface area contributed by atoms with Gasteiger partial charge >= 0.3 is 0 Å². The predicted molar refractivity (Wildman–Crippen MR) is 112 cm³/mol. The standard InChI is InChI=1S/C20H22ClN5O4/c1-11(8-28-3)19-23-18(24-30-19)16-17-20(27)26(12(2)9-29-4)15-7-13(21)5-6-14(15)25(17)10-22-16/h5-7,10-12H,8-9H2,1-4H3. The van der Waals surface area contributed by atoms with E-state index in [9.17, 15) is 4.79 Å². The molecule has 10 heteroatoms. The van der Waals surface area contributed by atoms with Crippen molar-refractivity contribution >= 4 is 28.2 Å². The molecule has 2 unspecified atom stereocenters. The molecule has 0 fully saturated rings. The van der Waals surface area contributed by atoms with Gasteiger partial charge in [-0.25, -0.2) is 4.98 Å². The van der Waals surface area contributed by atoms with Gasteiger partial charge in [-0.1, -0.05) is 23.7 Å². The monoisotopic (exact) mass is 431 g/mol. The van der Waals surface area contributed by atoms with E-state index >= 15 is 0 Å². The lowest BCUT2D eigenvalue weighted by Crippen LogP contribution is -2.28. The summed E-state index contributed by atoms with van der Waals surface area (Å²) < 4.78 is 19.2. The van der Waals surface area contributed by atoms with Crippen LogP contribution in [0.3, 0.4) is 0 Å². The lowest BCUT2D eigenvalue weighted by Gasteiger charge is -2.18. The molecule has 0 bridgehead atoms. The number of imidazole rings is 1. The Hall–Kier alpha value is -2.75. The molecule has 3 aromatic heterocycles. The van der Waals surface area contributed by atoms with Gasteiger partial charge < -0.3 is 14.0 Å². The largest absolute Gasteiger partial charge is 0.384 e. The summed E-state index contributed by atoms with van der Waals surface area (Å²) in [6, 6.07) is 5.17. The minimum atomic E-state index is -0.238. The van der Waals surface area contributed by atoms with E-state index in [1.165, 1.54) is 0 Å². The van der Waals surface area contributed by atoms with Crippen LogP contribution < -0.4 is 5.56 Å². The van der Waals surface area contributed by atoms with Gasteiger partial charge in [-0.2, -0.15) is 4.98 Å². The summed E-state index contributed by atoms with van der Waals surface area (Å²) in [7, 11) is 3.21. The molecule has 0 aliphatic heterocycles. The maximum atomic E-state index is 13.6. The Morgan fingerprint density at radius 1 is 1.17 bits per heavy atom. The number of methoxy groups -OCH3 is 2. The van der Waals surface area contributed by atoms with Crippen LogP contribution >= 0.6 is 11.6 Å². The lowest BCUT2D eigenvalue weighted by atomic mass is 10.2. The first kappa shape index (κ1) is 20.5. The van der Waals surface area contributed by atoms with Gasteiger partial charge in [-0.05, 0) is 25.1 Å². The van der Waals surface area contributed by atoms with Crippen LogP contribution in [0, 0.1) is 0 Å². The van der Waals surface area contributed by atoms with Crippen molar-refractivity contribution in [3.05, 3.63) is 45.8 Å². The van der Waals surface area contributed by atoms with Gasteiger partial charge in [-0.3, -0.25) is 13.8 Å². The van der Waals surface area contributed by atoms with E-state index in [0.717, 1.165) is 5.52 Å². The Morgan fingerprint density at radius 3 is 2.67 bits per heavy atom. The number of aromatic nitrogens is 5. The Labute approximate surface area is 177 Å². The van der Waals surface area contributed by atoms with Gasteiger partial charge in [-0.15, -0.1) is 0 Å². The quantitative estimate of drug-likeness (QED) is 0.442. The number of hydrogen-bond donors (Lipinski definition) is 0. The van der Waals surface area contributed by atoms with Crippen molar-refractivity contribution in [3.8, 4) is 11.5 Å². The smallest absolute Gasteiger partial charge is 0.278 e. The van der Waals surface area contributed by atoms with Crippen molar-refractivity contribution in [3.63, 3.8) is 0 Å². The molecule has 3 heterocycles. The number of halogens is 1. The molecule has 4 aromatic rings. The van der Waals surface area contributed by atoms with Crippen LogP contribution in [-0.2, 0) is 9.47 Å². The van der Waals surface area contributed by atoms with Crippen molar-refractivity contribution < 1.29 is 14.0 Å². The van der Waals surface area contributed by atoms with Gasteiger partial charge in [0.2, 0.25) is 11.7 Å². The Balaban J connectivity index is 1.98. The van der Waals surface area contributed by atoms with Crippen LogP contribution in [0.1, 0.15) is 31.7 Å². The molecule has 30 heavy (non-hydrogen) atoms. The topological polar surface area (TPSA) is 96.7 Å². The van der Waals surface area contributed by atoms with E-state index in [1.54, 1.807) is 41.6 Å². The Kier molecular flexibility index (Phi) is 5.59. The summed E-state index contributed by atoms with van der Waals surface area (Å²) in [5.74, 6) is 0.604. The minimum Gasteiger partial charge on any atom is -0.384 e. The normalized spacial score (nSPS) is 13.9. The fourth-order valence-corrected chi connectivity index (χ4v) is 3.79. The Morgan fingerprint density at radius 2 is 1.93 bits per heavy atom. The van der Waals surface area contributed by atoms with Crippen LogP contribution in [0.4, 0.5) is 0 Å². The second-order valence-corrected chi connectivity index (χ2v) is 7.67. The predicted octanol–water partition coefficient (Wildman–Crippen LogP) is 3.31. The number of benzene rings is 1. The second-order valence-electron chi connectivity index (χ2n) is 7.24. The number of fused-ring (bicyclic) bond motifs is 3. The summed E-state index contributed by atoms with van der Waals surface area (Å²) in [5, 5.41) is 4.58. The molecule has 0 saturated carbocycles. The zero-order valence-electron chi connectivity index (χ0n) is 17.1. The maximum Gasteiger partial charge on any atom is 0.278 e. The molecule has 2 atom stereocenters. The summed E-state index contributed by atoms with van der Waals surface area (Å²) >= 11 is 6.22. The first-order valence-corrected chi connectivity index (χ1v) is 9.86. The first-order chi connectivity index (χ1) is 14.5. The van der Waals surface area contributed by atoms with Gasteiger partial charge in [0.1, 0.15) is 17.5 Å². The molecule has 0 aliphatic carbocycles. The Bertz CT molecular complexity index is 1260. The number of hydrogen-bond acceptors (Lipinski definition) is 7. The summed E-state index contributed by atoms with van der Waals surface area (Å²) in [6.07, 6.45) is 1.59. The molecule has 0 saturated heterocycles. The van der Waals surface area contributed by atoms with Crippen LogP contribution in [0.15, 0.2) is 33.8 Å². The van der Waals surface area contributed by atoms with Gasteiger partial charge in [0, 0.05) is 19.2 Å². The third kappa shape index (κ3) is 3.38. The number of rotatable bonds is 7. The van der Waals surface area contributed by atoms with Crippen LogP contribution in [0.5, 0.6) is 0 Å². The molecule has 9 nitrogen and oxygen atoms in total. The van der Waals surface area contributed by atoms with Crippen molar-refractivity contribution in [1.29, 1.82) is 0 Å². The van der Waals surface area contributed by atoms with E-state index in [0.29, 0.717) is 40.9 Å². The fourth-order valence-electron chi connectivity index (χ4n) is 3.62. The van der Waals surface area contributed by atoms with E-state index in [4.69, 9.17) is 25.6 Å². The van der Waals surface area contributed by atoms with E-state index in [1.807, 2.05) is 19.9 Å². The highest BCUT2D eigenvalue weighted by atomic mass is 35.5. The highest BCUT2D eigenvalue weighted by Crippen LogP contribution is 2.27. The molecule has 1 aromatic carbocycles. The van der Waals surface area contributed by atoms with Gasteiger partial charge in [0.15, 0.2) is 0 Å². The summed E-state index contributed by atoms with van der Waals surface area (Å²) in [5.41, 5.74) is 1.95. The van der Waals surface area contributed by atoms with Crippen LogP contribution in [0.25, 0.3) is 28.1 Å². The number of nitrogens with zero attached hydrogens (tertiary/aromatic N) is 5. The average molecular weight is 432 g/mol. The zero-order valence-corrected chi connectivity index (χ0v) is 17.9. The van der Waals surface area contributed by atoms with Crippen molar-refractivity contribution in [2.24, 2.45) is 0 Å². The third-order valence-corrected chi connectivity index (χ3v) is 5.22.